The Kier molecular flexibility index (Phi) is 11.3. The standard InChI is InChI=1S/C32H41N3O6/c36-29(34-40)18-6-1-2-7-19-30(37)35-22-25-15-9-8-14-24(25)21-28(35)31(38)33-27(20-23-12-4-3-5-13-23)32(39)41-26-16-10-11-17-26/h3-5,8-9,12-15,26-28,40H,1-2,6-7,10-11,16-22H2,(H,33,38)(H,34,36)/t27-,28-/m0/s1. The van der Waals surface area contributed by atoms with Gasteiger partial charge in [-0.15, -0.1) is 0 Å². The molecular weight excluding hydrogens is 522 g/mol. The molecule has 0 bridgehead atoms. The molecule has 9 heteroatoms. The number of fused-ring (bicyclic) bond motifs is 1. The van der Waals surface area contributed by atoms with E-state index < -0.39 is 24.0 Å². The zero-order valence-corrected chi connectivity index (χ0v) is 23.6. The fraction of sp³-hybridized carbons (Fsp3) is 0.500. The molecule has 1 aliphatic heterocycles. The third-order valence-electron chi connectivity index (χ3n) is 8.01. The number of esters is 1. The monoisotopic (exact) mass is 563 g/mol. The number of unbranched alkanes of at least 4 members (excludes halogenated alkanes) is 3. The quantitative estimate of drug-likeness (QED) is 0.146. The third-order valence-corrected chi connectivity index (χ3v) is 8.01. The smallest absolute Gasteiger partial charge is 0.329 e. The lowest BCUT2D eigenvalue weighted by molar-refractivity contribution is -0.153. The van der Waals surface area contributed by atoms with E-state index in [9.17, 15) is 19.2 Å². The SMILES string of the molecule is O=C(CCCCCCC(=O)N1Cc2ccccc2C[C@H]1C(=O)N[C@@H](Cc1ccccc1)C(=O)OC1CCCC1)NO. The van der Waals surface area contributed by atoms with Gasteiger partial charge in [0.1, 0.15) is 18.2 Å². The van der Waals surface area contributed by atoms with Crippen LogP contribution in [0.2, 0.25) is 0 Å². The van der Waals surface area contributed by atoms with E-state index in [1.54, 1.807) is 10.4 Å². The highest BCUT2D eigenvalue weighted by molar-refractivity contribution is 5.91. The minimum Gasteiger partial charge on any atom is -0.461 e. The largest absolute Gasteiger partial charge is 0.461 e. The number of nitrogens with zero attached hydrogens (tertiary/aromatic N) is 1. The second-order valence-corrected chi connectivity index (χ2v) is 11.1. The molecule has 9 nitrogen and oxygen atoms in total. The lowest BCUT2D eigenvalue weighted by Gasteiger charge is -2.37. The molecule has 2 atom stereocenters. The molecule has 220 valence electrons. The Morgan fingerprint density at radius 1 is 0.878 bits per heavy atom. The van der Waals surface area contributed by atoms with Crippen molar-refractivity contribution >= 4 is 23.7 Å². The highest BCUT2D eigenvalue weighted by Crippen LogP contribution is 2.26. The molecule has 2 aromatic carbocycles. The van der Waals surface area contributed by atoms with E-state index in [-0.39, 0.29) is 30.8 Å². The van der Waals surface area contributed by atoms with Crippen LogP contribution < -0.4 is 10.8 Å². The van der Waals surface area contributed by atoms with Crippen LogP contribution in [0.15, 0.2) is 54.6 Å². The van der Waals surface area contributed by atoms with Gasteiger partial charge in [-0.3, -0.25) is 19.6 Å². The highest BCUT2D eigenvalue weighted by atomic mass is 16.5. The summed E-state index contributed by atoms with van der Waals surface area (Å²) in [5.74, 6) is -1.31. The van der Waals surface area contributed by atoms with E-state index in [2.05, 4.69) is 5.32 Å². The zero-order chi connectivity index (χ0) is 29.0. The molecule has 1 heterocycles. The van der Waals surface area contributed by atoms with Crippen LogP contribution in [0, 0.1) is 0 Å². The summed E-state index contributed by atoms with van der Waals surface area (Å²) in [4.78, 5) is 53.3. The van der Waals surface area contributed by atoms with E-state index in [1.165, 1.54) is 0 Å². The van der Waals surface area contributed by atoms with Crippen LogP contribution in [0.4, 0.5) is 0 Å². The van der Waals surface area contributed by atoms with E-state index >= 15 is 0 Å². The number of hydroxylamine groups is 1. The second-order valence-electron chi connectivity index (χ2n) is 11.1. The molecule has 2 aliphatic rings. The molecule has 0 saturated heterocycles. The zero-order valence-electron chi connectivity index (χ0n) is 23.6. The topological polar surface area (TPSA) is 125 Å². The maximum Gasteiger partial charge on any atom is 0.329 e. The Balaban J connectivity index is 1.43. The van der Waals surface area contributed by atoms with Gasteiger partial charge in [-0.05, 0) is 55.2 Å². The summed E-state index contributed by atoms with van der Waals surface area (Å²) >= 11 is 0. The van der Waals surface area contributed by atoms with Crippen molar-refractivity contribution in [2.75, 3.05) is 0 Å². The predicted molar refractivity (Wildman–Crippen MR) is 153 cm³/mol. The number of amides is 3. The average Bonchev–Trinajstić information content (AvgIpc) is 3.51. The number of carbonyl (C=O) groups excluding carboxylic acids is 4. The summed E-state index contributed by atoms with van der Waals surface area (Å²) in [5.41, 5.74) is 4.58. The minimum absolute atomic E-state index is 0.110. The van der Waals surface area contributed by atoms with Crippen molar-refractivity contribution < 1.29 is 29.1 Å². The lowest BCUT2D eigenvalue weighted by Crippen LogP contribution is -2.56. The third kappa shape index (κ3) is 8.88. The van der Waals surface area contributed by atoms with Gasteiger partial charge in [0, 0.05) is 32.2 Å². The molecule has 0 aromatic heterocycles. The van der Waals surface area contributed by atoms with Crippen LogP contribution in [-0.4, -0.2) is 52.0 Å². The summed E-state index contributed by atoms with van der Waals surface area (Å²) in [6, 6.07) is 15.8. The summed E-state index contributed by atoms with van der Waals surface area (Å²) in [5, 5.41) is 11.6. The second kappa shape index (κ2) is 15.3. The van der Waals surface area contributed by atoms with Gasteiger partial charge < -0.3 is 15.0 Å². The van der Waals surface area contributed by atoms with Crippen LogP contribution >= 0.6 is 0 Å². The Morgan fingerprint density at radius 2 is 1.54 bits per heavy atom. The van der Waals surface area contributed by atoms with Crippen molar-refractivity contribution in [3.63, 3.8) is 0 Å². The number of ether oxygens (including phenoxy) is 1. The predicted octanol–water partition coefficient (Wildman–Crippen LogP) is 4.00. The summed E-state index contributed by atoms with van der Waals surface area (Å²) < 4.78 is 5.80. The van der Waals surface area contributed by atoms with E-state index in [4.69, 9.17) is 9.94 Å². The first-order chi connectivity index (χ1) is 19.9. The van der Waals surface area contributed by atoms with Crippen molar-refractivity contribution in [2.45, 2.75) is 102 Å². The van der Waals surface area contributed by atoms with Gasteiger partial charge in [0.25, 0.3) is 0 Å². The number of benzene rings is 2. The molecule has 4 rings (SSSR count). The fourth-order valence-electron chi connectivity index (χ4n) is 5.70. The number of hydrogen-bond donors (Lipinski definition) is 3. The maximum absolute atomic E-state index is 13.8. The van der Waals surface area contributed by atoms with Crippen molar-refractivity contribution in [3.8, 4) is 0 Å². The number of nitrogens with one attached hydrogen (secondary N) is 2. The number of rotatable bonds is 13. The van der Waals surface area contributed by atoms with E-state index in [1.807, 2.05) is 54.6 Å². The van der Waals surface area contributed by atoms with Crippen LogP contribution in [0.1, 0.15) is 80.9 Å². The molecule has 0 unspecified atom stereocenters. The number of carbonyl (C=O) groups is 4. The van der Waals surface area contributed by atoms with Crippen LogP contribution in [0.5, 0.6) is 0 Å². The van der Waals surface area contributed by atoms with Gasteiger partial charge in [0.15, 0.2) is 0 Å². The Bertz CT molecular complexity index is 1180. The highest BCUT2D eigenvalue weighted by Gasteiger charge is 2.36. The molecule has 0 spiro atoms. The molecule has 0 radical (unpaired) electrons. The molecule has 1 saturated carbocycles. The molecule has 1 aliphatic carbocycles. The Morgan fingerprint density at radius 3 is 2.24 bits per heavy atom. The van der Waals surface area contributed by atoms with Crippen LogP contribution in [-0.2, 0) is 43.3 Å². The maximum atomic E-state index is 13.8. The van der Waals surface area contributed by atoms with Gasteiger partial charge in [0.2, 0.25) is 17.7 Å². The molecule has 3 amide bonds. The van der Waals surface area contributed by atoms with Crippen molar-refractivity contribution in [3.05, 3.63) is 71.3 Å². The van der Waals surface area contributed by atoms with Gasteiger partial charge in [-0.1, -0.05) is 67.4 Å². The van der Waals surface area contributed by atoms with Crippen molar-refractivity contribution in [1.29, 1.82) is 0 Å². The fourth-order valence-corrected chi connectivity index (χ4v) is 5.70. The lowest BCUT2D eigenvalue weighted by atomic mass is 9.92. The first-order valence-corrected chi connectivity index (χ1v) is 14.8. The Hall–Kier alpha value is -3.72. The molecule has 3 N–H and O–H groups in total. The summed E-state index contributed by atoms with van der Waals surface area (Å²) in [6.45, 7) is 0.333. The number of hydrogen-bond acceptors (Lipinski definition) is 6. The normalized spacial score (nSPS) is 17.4. The van der Waals surface area contributed by atoms with Crippen LogP contribution in [0.3, 0.4) is 0 Å². The molecular formula is C32H41N3O6. The molecule has 1 fully saturated rings. The van der Waals surface area contributed by atoms with Crippen molar-refractivity contribution in [1.82, 2.24) is 15.7 Å². The van der Waals surface area contributed by atoms with Gasteiger partial charge in [0.05, 0.1) is 0 Å². The van der Waals surface area contributed by atoms with Gasteiger partial charge in [-0.2, -0.15) is 0 Å². The minimum atomic E-state index is -0.851. The van der Waals surface area contributed by atoms with E-state index in [0.717, 1.165) is 55.2 Å². The van der Waals surface area contributed by atoms with Gasteiger partial charge >= 0.3 is 5.97 Å². The summed E-state index contributed by atoms with van der Waals surface area (Å²) in [7, 11) is 0. The average molecular weight is 564 g/mol. The molecule has 41 heavy (non-hydrogen) atoms. The van der Waals surface area contributed by atoms with Gasteiger partial charge in [-0.25, -0.2) is 10.3 Å². The van der Waals surface area contributed by atoms with Crippen molar-refractivity contribution in [2.24, 2.45) is 0 Å². The first-order valence-electron chi connectivity index (χ1n) is 14.8. The first kappa shape index (κ1) is 30.2. The van der Waals surface area contributed by atoms with Crippen LogP contribution in [0.25, 0.3) is 0 Å². The Labute approximate surface area is 241 Å². The summed E-state index contributed by atoms with van der Waals surface area (Å²) in [6.07, 6.45) is 7.63. The van der Waals surface area contributed by atoms with E-state index in [0.29, 0.717) is 32.2 Å². The molecule has 2 aromatic rings.